The molecule has 2 N–H and O–H groups in total. The maximum atomic E-state index is 11.8. The van der Waals surface area contributed by atoms with Gasteiger partial charge in [-0.2, -0.15) is 5.10 Å². The average Bonchev–Trinajstić information content (AvgIpc) is 3.04. The van der Waals surface area contributed by atoms with Crippen molar-refractivity contribution in [1.82, 2.24) is 9.78 Å². The van der Waals surface area contributed by atoms with E-state index in [0.717, 1.165) is 22.7 Å². The molecule has 8 heteroatoms. The van der Waals surface area contributed by atoms with Gasteiger partial charge in [-0.3, -0.25) is 4.68 Å². The third-order valence-electron chi connectivity index (χ3n) is 3.25. The van der Waals surface area contributed by atoms with Crippen LogP contribution in [0.3, 0.4) is 0 Å². The molecule has 0 saturated carbocycles. The van der Waals surface area contributed by atoms with E-state index in [1.807, 2.05) is 27.0 Å². The number of hydrogen-bond donors (Lipinski definition) is 2. The van der Waals surface area contributed by atoms with Crippen LogP contribution in [0.1, 0.15) is 27.9 Å². The highest BCUT2D eigenvalue weighted by molar-refractivity contribution is 7.80. The molecule has 0 atom stereocenters. The average molecular weight is 338 g/mol. The number of methoxy groups -OCH3 is 1. The van der Waals surface area contributed by atoms with Gasteiger partial charge in [-0.25, -0.2) is 4.79 Å². The number of nitrogens with zero attached hydrogens (tertiary/aromatic N) is 2. The van der Waals surface area contributed by atoms with Gasteiger partial charge in [0.25, 0.3) is 0 Å². The fourth-order valence-corrected chi connectivity index (χ4v) is 3.11. The monoisotopic (exact) mass is 338 g/mol. The standard InChI is InChI=1S/C14H18N4O2S2/c1-5-9-6-10(13(19)20-4)12(22-9)17-14(21)16-11-7-15-18(3)8(11)2/h6-7H,5H2,1-4H3,(H2,16,17,21). The zero-order chi connectivity index (χ0) is 16.3. The largest absolute Gasteiger partial charge is 0.465 e. The summed E-state index contributed by atoms with van der Waals surface area (Å²) in [4.78, 5) is 12.9. The summed E-state index contributed by atoms with van der Waals surface area (Å²) in [5, 5.41) is 11.4. The molecule has 0 radical (unpaired) electrons. The van der Waals surface area contributed by atoms with E-state index in [4.69, 9.17) is 17.0 Å². The molecule has 118 valence electrons. The summed E-state index contributed by atoms with van der Waals surface area (Å²) in [5.41, 5.74) is 2.29. The van der Waals surface area contributed by atoms with Gasteiger partial charge < -0.3 is 15.4 Å². The molecule has 0 spiro atoms. The fourth-order valence-electron chi connectivity index (χ4n) is 1.85. The third-order valence-corrected chi connectivity index (χ3v) is 4.65. The van der Waals surface area contributed by atoms with Gasteiger partial charge in [-0.05, 0) is 31.6 Å². The van der Waals surface area contributed by atoms with E-state index in [-0.39, 0.29) is 5.97 Å². The molecule has 0 saturated heterocycles. The van der Waals surface area contributed by atoms with Gasteiger partial charge in [0.15, 0.2) is 5.11 Å². The molecule has 2 aromatic heterocycles. The molecule has 0 unspecified atom stereocenters. The van der Waals surface area contributed by atoms with Crippen LogP contribution in [0.25, 0.3) is 0 Å². The van der Waals surface area contributed by atoms with Gasteiger partial charge >= 0.3 is 5.97 Å². The summed E-state index contributed by atoms with van der Waals surface area (Å²) in [6.07, 6.45) is 2.55. The number of thiocarbonyl (C=S) groups is 1. The first kappa shape index (κ1) is 16.4. The number of esters is 1. The Labute approximate surface area is 138 Å². The number of aromatic nitrogens is 2. The van der Waals surface area contributed by atoms with Crippen molar-refractivity contribution in [2.24, 2.45) is 7.05 Å². The number of anilines is 2. The first-order valence-electron chi connectivity index (χ1n) is 6.73. The van der Waals surface area contributed by atoms with Gasteiger partial charge in [0.05, 0.1) is 30.3 Å². The quantitative estimate of drug-likeness (QED) is 0.660. The molecule has 0 aliphatic heterocycles. The van der Waals surface area contributed by atoms with Crippen LogP contribution in [-0.2, 0) is 18.2 Å². The molecule has 0 amide bonds. The van der Waals surface area contributed by atoms with E-state index < -0.39 is 0 Å². The van der Waals surface area contributed by atoms with Gasteiger partial charge in [-0.1, -0.05) is 6.92 Å². The molecule has 22 heavy (non-hydrogen) atoms. The second-order valence-electron chi connectivity index (χ2n) is 4.65. The first-order valence-corrected chi connectivity index (χ1v) is 7.96. The number of rotatable bonds is 4. The number of carbonyl (C=O) groups excluding carboxylic acids is 1. The van der Waals surface area contributed by atoms with Crippen molar-refractivity contribution >= 4 is 45.3 Å². The molecule has 6 nitrogen and oxygen atoms in total. The molecule has 2 rings (SSSR count). The van der Waals surface area contributed by atoms with Crippen LogP contribution in [0, 0.1) is 6.92 Å². The number of carbonyl (C=O) groups is 1. The van der Waals surface area contributed by atoms with E-state index in [1.165, 1.54) is 18.4 Å². The van der Waals surface area contributed by atoms with Crippen molar-refractivity contribution in [1.29, 1.82) is 0 Å². The molecule has 0 bridgehead atoms. The molecule has 0 aromatic carbocycles. The molecular formula is C14H18N4O2S2. The number of aryl methyl sites for hydroxylation is 2. The molecule has 2 aromatic rings. The maximum absolute atomic E-state index is 11.8. The van der Waals surface area contributed by atoms with Gasteiger partial charge in [0, 0.05) is 11.9 Å². The highest BCUT2D eigenvalue weighted by Crippen LogP contribution is 2.29. The Hall–Kier alpha value is -1.93. The van der Waals surface area contributed by atoms with Gasteiger partial charge in [0.1, 0.15) is 5.00 Å². The summed E-state index contributed by atoms with van der Waals surface area (Å²) in [7, 11) is 3.23. The number of thiophene rings is 1. The number of hydrogen-bond acceptors (Lipinski definition) is 5. The molecule has 0 fully saturated rings. The fraction of sp³-hybridized carbons (Fsp3) is 0.357. The minimum atomic E-state index is -0.376. The highest BCUT2D eigenvalue weighted by atomic mass is 32.1. The smallest absolute Gasteiger partial charge is 0.340 e. The van der Waals surface area contributed by atoms with E-state index in [2.05, 4.69) is 15.7 Å². The van der Waals surface area contributed by atoms with Crippen LogP contribution in [-0.4, -0.2) is 28.0 Å². The Morgan fingerprint density at radius 3 is 2.77 bits per heavy atom. The van der Waals surface area contributed by atoms with Crippen molar-refractivity contribution in [3.8, 4) is 0 Å². The lowest BCUT2D eigenvalue weighted by molar-refractivity contribution is 0.0602. The summed E-state index contributed by atoms with van der Waals surface area (Å²) < 4.78 is 6.56. The molecule has 2 heterocycles. The summed E-state index contributed by atoms with van der Waals surface area (Å²) in [6.45, 7) is 3.98. The predicted octanol–water partition coefficient (Wildman–Crippen LogP) is 2.95. The van der Waals surface area contributed by atoms with E-state index in [0.29, 0.717) is 15.7 Å². The summed E-state index contributed by atoms with van der Waals surface area (Å²) in [5.74, 6) is -0.376. The SMILES string of the molecule is CCc1cc(C(=O)OC)c(NC(=S)Nc2cnn(C)c2C)s1. The highest BCUT2D eigenvalue weighted by Gasteiger charge is 2.17. The van der Waals surface area contributed by atoms with Crippen LogP contribution in [0.4, 0.5) is 10.7 Å². The number of nitrogens with one attached hydrogen (secondary N) is 2. The van der Waals surface area contributed by atoms with Gasteiger partial charge in [-0.15, -0.1) is 11.3 Å². The Balaban J connectivity index is 2.15. The van der Waals surface area contributed by atoms with Crippen LogP contribution >= 0.6 is 23.6 Å². The van der Waals surface area contributed by atoms with Crippen molar-refractivity contribution in [2.75, 3.05) is 17.7 Å². The topological polar surface area (TPSA) is 68.2 Å². The minimum absolute atomic E-state index is 0.376. The first-order chi connectivity index (χ1) is 10.5. The van der Waals surface area contributed by atoms with Crippen LogP contribution in [0.5, 0.6) is 0 Å². The Morgan fingerprint density at radius 1 is 1.50 bits per heavy atom. The third kappa shape index (κ3) is 3.45. The lowest BCUT2D eigenvalue weighted by Crippen LogP contribution is -2.20. The molecule has 0 aliphatic rings. The zero-order valence-electron chi connectivity index (χ0n) is 12.9. The van der Waals surface area contributed by atoms with Crippen molar-refractivity contribution in [2.45, 2.75) is 20.3 Å². The summed E-state index contributed by atoms with van der Waals surface area (Å²) in [6, 6.07) is 1.83. The van der Waals surface area contributed by atoms with E-state index in [9.17, 15) is 4.79 Å². The van der Waals surface area contributed by atoms with Gasteiger partial charge in [0.2, 0.25) is 0 Å². The van der Waals surface area contributed by atoms with Crippen molar-refractivity contribution < 1.29 is 9.53 Å². The second-order valence-corrected chi connectivity index (χ2v) is 6.19. The Morgan fingerprint density at radius 2 is 2.23 bits per heavy atom. The predicted molar refractivity (Wildman–Crippen MR) is 92.8 cm³/mol. The van der Waals surface area contributed by atoms with Crippen molar-refractivity contribution in [3.63, 3.8) is 0 Å². The van der Waals surface area contributed by atoms with E-state index in [1.54, 1.807) is 10.9 Å². The molecule has 0 aliphatic carbocycles. The van der Waals surface area contributed by atoms with Crippen LogP contribution < -0.4 is 10.6 Å². The minimum Gasteiger partial charge on any atom is -0.465 e. The van der Waals surface area contributed by atoms with Crippen molar-refractivity contribution in [3.05, 3.63) is 28.4 Å². The normalized spacial score (nSPS) is 10.4. The lowest BCUT2D eigenvalue weighted by Gasteiger charge is -2.09. The van der Waals surface area contributed by atoms with Crippen LogP contribution in [0.2, 0.25) is 0 Å². The maximum Gasteiger partial charge on any atom is 0.340 e. The molecular weight excluding hydrogens is 320 g/mol. The Bertz CT molecular complexity index is 706. The Kier molecular flexibility index (Phi) is 5.15. The number of ether oxygens (including phenoxy) is 1. The second kappa shape index (κ2) is 6.89. The lowest BCUT2D eigenvalue weighted by atomic mass is 10.2. The van der Waals surface area contributed by atoms with Crippen LogP contribution in [0.15, 0.2) is 12.3 Å². The zero-order valence-corrected chi connectivity index (χ0v) is 14.5. The summed E-state index contributed by atoms with van der Waals surface area (Å²) >= 11 is 6.80. The van der Waals surface area contributed by atoms with E-state index >= 15 is 0 Å².